The lowest BCUT2D eigenvalue weighted by atomic mass is 10.2. The summed E-state index contributed by atoms with van der Waals surface area (Å²) in [5, 5.41) is 0. The Hall–Kier alpha value is -0.570. The normalized spacial score (nSPS) is 21.6. The van der Waals surface area contributed by atoms with Gasteiger partial charge in [-0.05, 0) is 26.2 Å². The molecular weight excluding hydrogens is 154 g/mol. The monoisotopic (exact) mass is 171 g/mol. The number of rotatable bonds is 4. The van der Waals surface area contributed by atoms with Crippen molar-refractivity contribution in [2.45, 2.75) is 51.2 Å². The minimum atomic E-state index is -0.623. The van der Waals surface area contributed by atoms with Crippen LogP contribution in [0.4, 0.5) is 0 Å². The molecule has 3 heteroatoms. The minimum absolute atomic E-state index is 0.0172. The fraction of sp³-hybridized carbons (Fsp3) is 0.889. The first-order chi connectivity index (χ1) is 5.58. The molecule has 1 atom stereocenters. The van der Waals surface area contributed by atoms with Crippen molar-refractivity contribution in [1.82, 2.24) is 0 Å². The molecule has 0 heterocycles. The van der Waals surface area contributed by atoms with E-state index in [1.165, 1.54) is 0 Å². The summed E-state index contributed by atoms with van der Waals surface area (Å²) >= 11 is 0. The highest BCUT2D eigenvalue weighted by atomic mass is 16.5. The number of carbonyl (C=O) groups is 1. The first-order valence-electron chi connectivity index (χ1n) is 4.58. The molecule has 2 N–H and O–H groups in total. The molecular formula is C9H17NO2. The molecule has 0 aromatic carbocycles. The number of hydrogen-bond acceptors (Lipinski definition) is 3. The van der Waals surface area contributed by atoms with Gasteiger partial charge in [-0.2, -0.15) is 0 Å². The van der Waals surface area contributed by atoms with Crippen LogP contribution in [-0.4, -0.2) is 17.6 Å². The molecule has 1 saturated carbocycles. The standard InChI is InChI=1S/C9H17NO2/c1-3-4-7(2)12-8(11)9(10)5-6-9/h7H,3-6,10H2,1-2H3. The molecule has 70 valence electrons. The number of carbonyl (C=O) groups excluding carboxylic acids is 1. The first-order valence-corrected chi connectivity index (χ1v) is 4.58. The maximum atomic E-state index is 11.3. The smallest absolute Gasteiger partial charge is 0.326 e. The topological polar surface area (TPSA) is 52.3 Å². The van der Waals surface area contributed by atoms with Crippen molar-refractivity contribution < 1.29 is 9.53 Å². The van der Waals surface area contributed by atoms with Crippen molar-refractivity contribution in [3.05, 3.63) is 0 Å². The summed E-state index contributed by atoms with van der Waals surface area (Å²) in [5.74, 6) is -0.219. The molecule has 0 amide bonds. The van der Waals surface area contributed by atoms with Crippen molar-refractivity contribution in [3.8, 4) is 0 Å². The van der Waals surface area contributed by atoms with Crippen molar-refractivity contribution in [2.75, 3.05) is 0 Å². The van der Waals surface area contributed by atoms with E-state index in [0.717, 1.165) is 25.7 Å². The van der Waals surface area contributed by atoms with Crippen molar-refractivity contribution >= 4 is 5.97 Å². The average Bonchev–Trinajstić information content (AvgIpc) is 2.69. The molecule has 1 aliphatic carbocycles. The number of esters is 1. The van der Waals surface area contributed by atoms with Gasteiger partial charge in [0.25, 0.3) is 0 Å². The first kappa shape index (κ1) is 9.52. The van der Waals surface area contributed by atoms with Gasteiger partial charge in [0, 0.05) is 0 Å². The Balaban J connectivity index is 2.26. The lowest BCUT2D eigenvalue weighted by Crippen LogP contribution is -2.36. The molecule has 1 aliphatic rings. The summed E-state index contributed by atoms with van der Waals surface area (Å²) in [4.78, 5) is 11.3. The van der Waals surface area contributed by atoms with Gasteiger partial charge in [0.15, 0.2) is 0 Å². The highest BCUT2D eigenvalue weighted by Crippen LogP contribution is 2.33. The molecule has 0 aliphatic heterocycles. The summed E-state index contributed by atoms with van der Waals surface area (Å²) in [5.41, 5.74) is 5.04. The molecule has 0 aromatic rings. The zero-order chi connectivity index (χ0) is 9.19. The SMILES string of the molecule is CCCC(C)OC(=O)C1(N)CC1. The predicted molar refractivity (Wildman–Crippen MR) is 46.6 cm³/mol. The largest absolute Gasteiger partial charge is 0.461 e. The third kappa shape index (κ3) is 2.21. The fourth-order valence-corrected chi connectivity index (χ4v) is 1.10. The summed E-state index contributed by atoms with van der Waals surface area (Å²) in [6, 6.07) is 0. The lowest BCUT2D eigenvalue weighted by Gasteiger charge is -2.14. The van der Waals surface area contributed by atoms with Crippen molar-refractivity contribution in [2.24, 2.45) is 5.73 Å². The Kier molecular flexibility index (Phi) is 2.73. The minimum Gasteiger partial charge on any atom is -0.461 e. The van der Waals surface area contributed by atoms with E-state index in [-0.39, 0.29) is 12.1 Å². The maximum Gasteiger partial charge on any atom is 0.326 e. The molecule has 12 heavy (non-hydrogen) atoms. The molecule has 0 bridgehead atoms. The summed E-state index contributed by atoms with van der Waals surface area (Å²) < 4.78 is 5.15. The van der Waals surface area contributed by atoms with Gasteiger partial charge in [0.1, 0.15) is 5.54 Å². The second-order valence-corrected chi connectivity index (χ2v) is 3.66. The molecule has 0 aromatic heterocycles. The Morgan fingerprint density at radius 3 is 2.67 bits per heavy atom. The second kappa shape index (κ2) is 3.44. The third-order valence-electron chi connectivity index (χ3n) is 2.20. The molecule has 3 nitrogen and oxygen atoms in total. The Labute approximate surface area is 73.3 Å². The van der Waals surface area contributed by atoms with E-state index in [0.29, 0.717) is 0 Å². The van der Waals surface area contributed by atoms with Gasteiger partial charge >= 0.3 is 5.97 Å². The van der Waals surface area contributed by atoms with Gasteiger partial charge in [0.05, 0.1) is 6.10 Å². The zero-order valence-electron chi connectivity index (χ0n) is 7.80. The van der Waals surface area contributed by atoms with Gasteiger partial charge in [-0.3, -0.25) is 4.79 Å². The van der Waals surface area contributed by atoms with Crippen LogP contribution in [0.15, 0.2) is 0 Å². The predicted octanol–water partition coefficient (Wildman–Crippen LogP) is 1.21. The van der Waals surface area contributed by atoms with E-state index in [4.69, 9.17) is 10.5 Å². The Morgan fingerprint density at radius 1 is 1.67 bits per heavy atom. The molecule has 0 radical (unpaired) electrons. The maximum absolute atomic E-state index is 11.3. The van der Waals surface area contributed by atoms with Crippen LogP contribution in [0.1, 0.15) is 39.5 Å². The van der Waals surface area contributed by atoms with Crippen LogP contribution in [-0.2, 0) is 9.53 Å². The van der Waals surface area contributed by atoms with E-state index in [1.807, 2.05) is 6.92 Å². The van der Waals surface area contributed by atoms with Crippen LogP contribution in [0.5, 0.6) is 0 Å². The summed E-state index contributed by atoms with van der Waals surface area (Å²) in [6.45, 7) is 3.98. The van der Waals surface area contributed by atoms with E-state index >= 15 is 0 Å². The van der Waals surface area contributed by atoms with Crippen LogP contribution >= 0.6 is 0 Å². The zero-order valence-corrected chi connectivity index (χ0v) is 7.80. The quantitative estimate of drug-likeness (QED) is 0.647. The van der Waals surface area contributed by atoms with Gasteiger partial charge < -0.3 is 10.5 Å². The van der Waals surface area contributed by atoms with E-state index < -0.39 is 5.54 Å². The Bertz CT molecular complexity index is 175. The van der Waals surface area contributed by atoms with Gasteiger partial charge in [-0.25, -0.2) is 0 Å². The second-order valence-electron chi connectivity index (χ2n) is 3.66. The fourth-order valence-electron chi connectivity index (χ4n) is 1.10. The number of ether oxygens (including phenoxy) is 1. The van der Waals surface area contributed by atoms with Crippen molar-refractivity contribution in [1.29, 1.82) is 0 Å². The molecule has 1 fully saturated rings. The molecule has 0 spiro atoms. The number of nitrogens with two attached hydrogens (primary N) is 1. The summed E-state index contributed by atoms with van der Waals surface area (Å²) in [7, 11) is 0. The van der Waals surface area contributed by atoms with Crippen LogP contribution in [0.3, 0.4) is 0 Å². The molecule has 1 rings (SSSR count). The van der Waals surface area contributed by atoms with Crippen LogP contribution in [0, 0.1) is 0 Å². The average molecular weight is 171 g/mol. The summed E-state index contributed by atoms with van der Waals surface area (Å²) in [6.07, 6.45) is 3.53. The van der Waals surface area contributed by atoms with E-state index in [1.54, 1.807) is 0 Å². The number of hydrogen-bond donors (Lipinski definition) is 1. The van der Waals surface area contributed by atoms with Crippen LogP contribution in [0.25, 0.3) is 0 Å². The van der Waals surface area contributed by atoms with Crippen molar-refractivity contribution in [3.63, 3.8) is 0 Å². The highest BCUT2D eigenvalue weighted by molar-refractivity contribution is 5.83. The highest BCUT2D eigenvalue weighted by Gasteiger charge is 2.47. The van der Waals surface area contributed by atoms with Gasteiger partial charge in [0.2, 0.25) is 0 Å². The van der Waals surface area contributed by atoms with Crippen LogP contribution in [0.2, 0.25) is 0 Å². The van der Waals surface area contributed by atoms with Crippen LogP contribution < -0.4 is 5.73 Å². The molecule has 0 saturated heterocycles. The van der Waals surface area contributed by atoms with E-state index in [9.17, 15) is 4.79 Å². The van der Waals surface area contributed by atoms with E-state index in [2.05, 4.69) is 6.92 Å². The third-order valence-corrected chi connectivity index (χ3v) is 2.20. The van der Waals surface area contributed by atoms with Gasteiger partial charge in [-0.15, -0.1) is 0 Å². The Morgan fingerprint density at radius 2 is 2.25 bits per heavy atom. The lowest BCUT2D eigenvalue weighted by molar-refractivity contribution is -0.151. The molecule has 1 unspecified atom stereocenters. The van der Waals surface area contributed by atoms with Gasteiger partial charge in [-0.1, -0.05) is 13.3 Å².